The van der Waals surface area contributed by atoms with E-state index in [1.54, 1.807) is 0 Å². The standard InChI is InChI=1S/C19H24N2O2/c1-14-5-4-6-16(11-14)13-23-17-7-8-18(15(2)12-17)21-19(22)9-10-20-3/h4-8,11-12,20H,9-10,13H2,1-3H3,(H,21,22). The summed E-state index contributed by atoms with van der Waals surface area (Å²) in [5.41, 5.74) is 4.19. The normalized spacial score (nSPS) is 10.4. The smallest absolute Gasteiger partial charge is 0.225 e. The molecule has 0 aliphatic heterocycles. The van der Waals surface area contributed by atoms with Gasteiger partial charge in [-0.2, -0.15) is 0 Å². The summed E-state index contributed by atoms with van der Waals surface area (Å²) in [7, 11) is 1.83. The van der Waals surface area contributed by atoms with E-state index in [9.17, 15) is 4.79 Å². The van der Waals surface area contributed by atoms with E-state index in [2.05, 4.69) is 35.8 Å². The molecule has 0 aliphatic carbocycles. The van der Waals surface area contributed by atoms with Gasteiger partial charge in [0.1, 0.15) is 12.4 Å². The Kier molecular flexibility index (Phi) is 6.18. The second-order valence-electron chi connectivity index (χ2n) is 5.66. The van der Waals surface area contributed by atoms with E-state index in [1.807, 2.05) is 38.2 Å². The summed E-state index contributed by atoms with van der Waals surface area (Å²) in [5.74, 6) is 0.813. The van der Waals surface area contributed by atoms with Gasteiger partial charge < -0.3 is 15.4 Å². The number of benzene rings is 2. The minimum absolute atomic E-state index is 0.0101. The first-order valence-corrected chi connectivity index (χ1v) is 7.82. The summed E-state index contributed by atoms with van der Waals surface area (Å²) in [6.45, 7) is 5.24. The lowest BCUT2D eigenvalue weighted by atomic mass is 10.1. The maximum Gasteiger partial charge on any atom is 0.225 e. The van der Waals surface area contributed by atoms with Crippen LogP contribution in [0.15, 0.2) is 42.5 Å². The summed E-state index contributed by atoms with van der Waals surface area (Å²) in [4.78, 5) is 11.8. The van der Waals surface area contributed by atoms with Crippen LogP contribution in [0.4, 0.5) is 5.69 Å². The number of carbonyl (C=O) groups is 1. The van der Waals surface area contributed by atoms with E-state index < -0.39 is 0 Å². The van der Waals surface area contributed by atoms with Crippen molar-refractivity contribution in [1.82, 2.24) is 5.32 Å². The highest BCUT2D eigenvalue weighted by molar-refractivity contribution is 5.91. The third kappa shape index (κ3) is 5.42. The Morgan fingerprint density at radius 1 is 1.13 bits per heavy atom. The minimum atomic E-state index is 0.0101. The van der Waals surface area contributed by atoms with E-state index in [0.29, 0.717) is 19.6 Å². The first kappa shape index (κ1) is 17.0. The maximum atomic E-state index is 11.8. The molecule has 0 aromatic heterocycles. The van der Waals surface area contributed by atoms with Crippen LogP contribution in [0.1, 0.15) is 23.1 Å². The molecule has 0 atom stereocenters. The van der Waals surface area contributed by atoms with Crippen molar-refractivity contribution < 1.29 is 9.53 Å². The molecule has 1 amide bonds. The molecular formula is C19H24N2O2. The molecule has 4 heteroatoms. The molecule has 4 nitrogen and oxygen atoms in total. The number of nitrogens with one attached hydrogen (secondary N) is 2. The van der Waals surface area contributed by atoms with Crippen molar-refractivity contribution in [1.29, 1.82) is 0 Å². The molecule has 2 aromatic rings. The Hall–Kier alpha value is -2.33. The number of rotatable bonds is 7. The SMILES string of the molecule is CNCCC(=O)Nc1ccc(OCc2cccc(C)c2)cc1C. The molecule has 0 unspecified atom stereocenters. The van der Waals surface area contributed by atoms with Gasteiger partial charge in [-0.05, 0) is 50.2 Å². The maximum absolute atomic E-state index is 11.8. The second-order valence-corrected chi connectivity index (χ2v) is 5.66. The van der Waals surface area contributed by atoms with Gasteiger partial charge in [-0.25, -0.2) is 0 Å². The van der Waals surface area contributed by atoms with E-state index in [4.69, 9.17) is 4.74 Å². The second kappa shape index (κ2) is 8.34. The predicted molar refractivity (Wildman–Crippen MR) is 93.9 cm³/mol. The van der Waals surface area contributed by atoms with E-state index in [0.717, 1.165) is 22.6 Å². The Balaban J connectivity index is 1.94. The Labute approximate surface area is 137 Å². The zero-order valence-electron chi connectivity index (χ0n) is 14.0. The molecule has 2 aromatic carbocycles. The molecule has 0 saturated carbocycles. The van der Waals surface area contributed by atoms with Crippen molar-refractivity contribution in [2.75, 3.05) is 18.9 Å². The fourth-order valence-corrected chi connectivity index (χ4v) is 2.29. The van der Waals surface area contributed by atoms with Gasteiger partial charge in [0, 0.05) is 18.7 Å². The number of hydrogen-bond donors (Lipinski definition) is 2. The van der Waals surface area contributed by atoms with Crippen molar-refractivity contribution in [2.45, 2.75) is 26.9 Å². The quantitative estimate of drug-likeness (QED) is 0.823. The Morgan fingerprint density at radius 3 is 2.65 bits per heavy atom. The molecule has 0 spiro atoms. The van der Waals surface area contributed by atoms with Crippen molar-refractivity contribution in [2.24, 2.45) is 0 Å². The van der Waals surface area contributed by atoms with Crippen LogP contribution in [-0.2, 0) is 11.4 Å². The highest BCUT2D eigenvalue weighted by Gasteiger charge is 2.06. The molecular weight excluding hydrogens is 288 g/mol. The van der Waals surface area contributed by atoms with Crippen molar-refractivity contribution in [3.05, 3.63) is 59.2 Å². The number of anilines is 1. The summed E-state index contributed by atoms with van der Waals surface area (Å²) < 4.78 is 5.83. The van der Waals surface area contributed by atoms with Crippen LogP contribution in [0, 0.1) is 13.8 Å². The Morgan fingerprint density at radius 2 is 1.96 bits per heavy atom. The van der Waals surface area contributed by atoms with E-state index >= 15 is 0 Å². The average Bonchev–Trinajstić information content (AvgIpc) is 2.53. The summed E-state index contributed by atoms with van der Waals surface area (Å²) in [6.07, 6.45) is 0.460. The molecule has 0 radical (unpaired) electrons. The third-order valence-corrected chi connectivity index (χ3v) is 3.56. The van der Waals surface area contributed by atoms with Crippen LogP contribution in [0.25, 0.3) is 0 Å². The fourth-order valence-electron chi connectivity index (χ4n) is 2.29. The molecule has 122 valence electrons. The average molecular weight is 312 g/mol. The largest absolute Gasteiger partial charge is 0.489 e. The monoisotopic (exact) mass is 312 g/mol. The van der Waals surface area contributed by atoms with E-state index in [-0.39, 0.29) is 5.91 Å². The number of aryl methyl sites for hydroxylation is 2. The van der Waals surface area contributed by atoms with Gasteiger partial charge in [-0.3, -0.25) is 4.79 Å². The molecule has 0 heterocycles. The van der Waals surface area contributed by atoms with Gasteiger partial charge in [0.25, 0.3) is 0 Å². The van der Waals surface area contributed by atoms with Crippen molar-refractivity contribution in [3.8, 4) is 5.75 Å². The summed E-state index contributed by atoms with van der Waals surface area (Å²) in [5, 5.41) is 5.88. The highest BCUT2D eigenvalue weighted by atomic mass is 16.5. The summed E-state index contributed by atoms with van der Waals surface area (Å²) >= 11 is 0. The zero-order valence-corrected chi connectivity index (χ0v) is 14.0. The van der Waals surface area contributed by atoms with Crippen molar-refractivity contribution in [3.63, 3.8) is 0 Å². The predicted octanol–water partition coefficient (Wildman–Crippen LogP) is 3.43. The fraction of sp³-hybridized carbons (Fsp3) is 0.316. The van der Waals surface area contributed by atoms with Gasteiger partial charge in [-0.15, -0.1) is 0 Å². The van der Waals surface area contributed by atoms with Crippen LogP contribution in [0.5, 0.6) is 5.75 Å². The molecule has 2 rings (SSSR count). The van der Waals surface area contributed by atoms with Gasteiger partial charge in [0.15, 0.2) is 0 Å². The lowest BCUT2D eigenvalue weighted by molar-refractivity contribution is -0.116. The van der Waals surface area contributed by atoms with Gasteiger partial charge in [0.2, 0.25) is 5.91 Å². The zero-order chi connectivity index (χ0) is 16.7. The molecule has 0 bridgehead atoms. The Bertz CT molecular complexity index is 668. The molecule has 0 saturated heterocycles. The lowest BCUT2D eigenvalue weighted by Crippen LogP contribution is -2.19. The van der Waals surface area contributed by atoms with Gasteiger partial charge in [-0.1, -0.05) is 29.8 Å². The molecule has 2 N–H and O–H groups in total. The third-order valence-electron chi connectivity index (χ3n) is 3.56. The first-order valence-electron chi connectivity index (χ1n) is 7.82. The van der Waals surface area contributed by atoms with E-state index in [1.165, 1.54) is 5.56 Å². The number of carbonyl (C=O) groups excluding carboxylic acids is 1. The molecule has 0 fully saturated rings. The van der Waals surface area contributed by atoms with Crippen molar-refractivity contribution >= 4 is 11.6 Å². The highest BCUT2D eigenvalue weighted by Crippen LogP contribution is 2.22. The van der Waals surface area contributed by atoms with Crippen LogP contribution >= 0.6 is 0 Å². The number of amides is 1. The minimum Gasteiger partial charge on any atom is -0.489 e. The van der Waals surface area contributed by atoms with Gasteiger partial charge >= 0.3 is 0 Å². The van der Waals surface area contributed by atoms with Crippen LogP contribution < -0.4 is 15.4 Å². The van der Waals surface area contributed by atoms with Crippen LogP contribution in [0.2, 0.25) is 0 Å². The molecule has 23 heavy (non-hydrogen) atoms. The molecule has 0 aliphatic rings. The van der Waals surface area contributed by atoms with Crippen LogP contribution in [-0.4, -0.2) is 19.5 Å². The number of ether oxygens (including phenoxy) is 1. The number of hydrogen-bond acceptors (Lipinski definition) is 3. The topological polar surface area (TPSA) is 50.4 Å². The first-order chi connectivity index (χ1) is 11.1. The summed E-state index contributed by atoms with van der Waals surface area (Å²) in [6, 6.07) is 14.0. The van der Waals surface area contributed by atoms with Crippen LogP contribution in [0.3, 0.4) is 0 Å². The lowest BCUT2D eigenvalue weighted by Gasteiger charge is -2.12. The van der Waals surface area contributed by atoms with Gasteiger partial charge in [0.05, 0.1) is 0 Å².